The van der Waals surface area contributed by atoms with E-state index in [1.54, 1.807) is 0 Å². The van der Waals surface area contributed by atoms with Gasteiger partial charge in [0, 0.05) is 38.1 Å². The van der Waals surface area contributed by atoms with Crippen molar-refractivity contribution in [2.45, 2.75) is 82.3 Å². The predicted octanol–water partition coefficient (Wildman–Crippen LogP) is 0.710. The van der Waals surface area contributed by atoms with Crippen molar-refractivity contribution in [1.29, 1.82) is 0 Å². The zero-order chi connectivity index (χ0) is 24.9. The molecule has 5 aliphatic rings. The van der Waals surface area contributed by atoms with Gasteiger partial charge < -0.3 is 34.9 Å². The highest BCUT2D eigenvalue weighted by Gasteiger charge is 2.41. The van der Waals surface area contributed by atoms with Crippen molar-refractivity contribution in [3.63, 3.8) is 0 Å². The lowest BCUT2D eigenvalue weighted by molar-refractivity contribution is -0.127. The van der Waals surface area contributed by atoms with Crippen LogP contribution < -0.4 is 16.0 Å². The lowest BCUT2D eigenvalue weighted by Crippen LogP contribution is -2.52. The highest BCUT2D eigenvalue weighted by Crippen LogP contribution is 2.41. The molecule has 0 radical (unpaired) electrons. The third kappa shape index (κ3) is 6.98. The van der Waals surface area contributed by atoms with E-state index in [0.29, 0.717) is 62.4 Å². The maximum absolute atomic E-state index is 12.8. The molecule has 9 nitrogen and oxygen atoms in total. The van der Waals surface area contributed by atoms with Crippen molar-refractivity contribution in [2.75, 3.05) is 59.3 Å². The van der Waals surface area contributed by atoms with Gasteiger partial charge in [0.2, 0.25) is 5.91 Å². The Hall–Kier alpha value is -0.810. The Balaban J connectivity index is 0.990. The van der Waals surface area contributed by atoms with Gasteiger partial charge in [0.05, 0.1) is 50.9 Å². The summed E-state index contributed by atoms with van der Waals surface area (Å²) in [5.74, 6) is 2.09. The topological polar surface area (TPSA) is 104 Å². The normalized spacial score (nSPS) is 38.8. The van der Waals surface area contributed by atoms with Gasteiger partial charge in [-0.15, -0.1) is 0 Å². The van der Waals surface area contributed by atoms with Crippen LogP contribution in [0.15, 0.2) is 0 Å². The van der Waals surface area contributed by atoms with Crippen molar-refractivity contribution in [2.24, 2.45) is 23.7 Å². The van der Waals surface area contributed by atoms with E-state index >= 15 is 0 Å². The van der Waals surface area contributed by atoms with Crippen molar-refractivity contribution in [3.05, 3.63) is 0 Å². The molecular weight excluding hydrogens is 460 g/mol. The van der Waals surface area contributed by atoms with E-state index in [9.17, 15) is 9.90 Å². The zero-order valence-electron chi connectivity index (χ0n) is 22.0. The molecule has 36 heavy (non-hydrogen) atoms. The molecule has 4 N–H and O–H groups in total. The van der Waals surface area contributed by atoms with Gasteiger partial charge in [0.15, 0.2) is 0 Å². The third-order valence-electron chi connectivity index (χ3n) is 9.39. The highest BCUT2D eigenvalue weighted by molar-refractivity contribution is 5.78. The minimum absolute atomic E-state index is 0.0515. The number of carbonyl (C=O) groups is 1. The Labute approximate surface area is 216 Å². The van der Waals surface area contributed by atoms with Crippen LogP contribution in [0, 0.1) is 23.7 Å². The Bertz CT molecular complexity index is 704. The molecule has 0 aromatic carbocycles. The van der Waals surface area contributed by atoms with Crippen LogP contribution in [-0.2, 0) is 19.0 Å². The first kappa shape index (κ1) is 26.8. The van der Waals surface area contributed by atoms with Crippen molar-refractivity contribution in [1.82, 2.24) is 20.9 Å². The number of likely N-dealkylation sites (tertiary alicyclic amines) is 1. The summed E-state index contributed by atoms with van der Waals surface area (Å²) in [4.78, 5) is 15.2. The fourth-order valence-corrected chi connectivity index (χ4v) is 7.20. The number of nitrogens with zero attached hydrogens (tertiary/aromatic N) is 1. The summed E-state index contributed by atoms with van der Waals surface area (Å²) in [6, 6.07) is 0.864. The van der Waals surface area contributed by atoms with Gasteiger partial charge in [-0.25, -0.2) is 0 Å². The van der Waals surface area contributed by atoms with Gasteiger partial charge in [-0.1, -0.05) is 13.3 Å². The Morgan fingerprint density at radius 2 is 2.08 bits per heavy atom. The number of nitrogens with one attached hydrogen (secondary N) is 3. The molecule has 5 fully saturated rings. The van der Waals surface area contributed by atoms with E-state index in [2.05, 4.69) is 27.8 Å². The summed E-state index contributed by atoms with van der Waals surface area (Å²) in [6.07, 6.45) is 7.52. The monoisotopic (exact) mass is 508 g/mol. The smallest absolute Gasteiger partial charge is 0.223 e. The molecule has 2 saturated carbocycles. The molecule has 3 aliphatic heterocycles. The van der Waals surface area contributed by atoms with Crippen LogP contribution in [0.4, 0.5) is 0 Å². The molecule has 1 amide bonds. The second-order valence-electron chi connectivity index (χ2n) is 12.0. The van der Waals surface area contributed by atoms with E-state index in [0.717, 1.165) is 71.4 Å². The SMILES string of the molecule is CC1C(OCC2CNCO2)CCC2CN(C[C@@H](O)CNC(=O)C3CCCC(NC4COC4)C3)CCC21. The van der Waals surface area contributed by atoms with Crippen LogP contribution in [0.3, 0.4) is 0 Å². The zero-order valence-corrected chi connectivity index (χ0v) is 22.0. The Morgan fingerprint density at radius 1 is 1.19 bits per heavy atom. The minimum atomic E-state index is -0.521. The second kappa shape index (κ2) is 12.8. The number of hydrogen-bond acceptors (Lipinski definition) is 8. The van der Waals surface area contributed by atoms with Gasteiger partial charge in [-0.3, -0.25) is 10.1 Å². The molecule has 0 spiro atoms. The van der Waals surface area contributed by atoms with Crippen LogP contribution in [0.25, 0.3) is 0 Å². The molecule has 7 unspecified atom stereocenters. The van der Waals surface area contributed by atoms with Crippen LogP contribution in [0.2, 0.25) is 0 Å². The molecule has 8 atom stereocenters. The molecular formula is C27H48N4O5. The van der Waals surface area contributed by atoms with E-state index < -0.39 is 6.10 Å². The average Bonchev–Trinajstić information content (AvgIpc) is 3.38. The second-order valence-corrected chi connectivity index (χ2v) is 12.0. The number of hydrogen-bond donors (Lipinski definition) is 4. The first-order chi connectivity index (χ1) is 17.5. The number of ether oxygens (including phenoxy) is 3. The standard InChI is InChI=1S/C27H48N4O5/c1-18-25-7-8-31(12-20(25)5-6-26(18)35-16-24-11-28-17-36-24)13-23(32)10-29-27(33)19-3-2-4-21(9-19)30-22-14-34-15-22/h18-26,28,30,32H,2-17H2,1H3,(H,29,33)/t18?,19?,20?,21?,23-,24?,25?,26?/m0/s1. The highest BCUT2D eigenvalue weighted by atomic mass is 16.5. The minimum Gasteiger partial charge on any atom is -0.390 e. The number of piperidine rings is 1. The molecule has 3 heterocycles. The molecule has 0 aromatic heterocycles. The molecule has 2 aliphatic carbocycles. The van der Waals surface area contributed by atoms with Crippen molar-refractivity contribution in [3.8, 4) is 0 Å². The maximum atomic E-state index is 12.8. The number of aliphatic hydroxyl groups is 1. The van der Waals surface area contributed by atoms with Crippen LogP contribution in [0.1, 0.15) is 51.9 Å². The Morgan fingerprint density at radius 3 is 2.86 bits per heavy atom. The summed E-state index contributed by atoms with van der Waals surface area (Å²) in [6.45, 7) is 9.20. The van der Waals surface area contributed by atoms with Gasteiger partial charge in [-0.2, -0.15) is 0 Å². The number of amides is 1. The van der Waals surface area contributed by atoms with Gasteiger partial charge in [0.1, 0.15) is 0 Å². The number of carbonyl (C=O) groups excluding carboxylic acids is 1. The summed E-state index contributed by atoms with van der Waals surface area (Å²) in [7, 11) is 0. The summed E-state index contributed by atoms with van der Waals surface area (Å²) in [5, 5.41) is 20.6. The predicted molar refractivity (Wildman–Crippen MR) is 136 cm³/mol. The average molecular weight is 509 g/mol. The fourth-order valence-electron chi connectivity index (χ4n) is 7.20. The van der Waals surface area contributed by atoms with Crippen molar-refractivity contribution >= 4 is 5.91 Å². The Kier molecular flexibility index (Phi) is 9.54. The third-order valence-corrected chi connectivity index (χ3v) is 9.39. The first-order valence-electron chi connectivity index (χ1n) is 14.5. The number of rotatable bonds is 10. The van der Waals surface area contributed by atoms with Gasteiger partial charge in [0.25, 0.3) is 0 Å². The summed E-state index contributed by atoms with van der Waals surface area (Å²) < 4.78 is 17.2. The fraction of sp³-hybridized carbons (Fsp3) is 0.963. The van der Waals surface area contributed by atoms with Crippen LogP contribution in [-0.4, -0.2) is 106 Å². The lowest BCUT2D eigenvalue weighted by atomic mass is 9.68. The van der Waals surface area contributed by atoms with Gasteiger partial charge in [-0.05, 0) is 62.8 Å². The number of aliphatic hydroxyl groups excluding tert-OH is 1. The number of β-amino-alcohol motifs (C(OH)–C–C–N with tert-alkyl or cyclic N) is 1. The van der Waals surface area contributed by atoms with E-state index in [1.165, 1.54) is 6.42 Å². The molecule has 5 rings (SSSR count). The van der Waals surface area contributed by atoms with Crippen LogP contribution >= 0.6 is 0 Å². The molecule has 206 valence electrons. The molecule has 0 aromatic rings. The number of fused-ring (bicyclic) bond motifs is 1. The van der Waals surface area contributed by atoms with Crippen molar-refractivity contribution < 1.29 is 24.1 Å². The quantitative estimate of drug-likeness (QED) is 0.342. The van der Waals surface area contributed by atoms with Gasteiger partial charge >= 0.3 is 0 Å². The van der Waals surface area contributed by atoms with E-state index in [-0.39, 0.29) is 17.9 Å². The maximum Gasteiger partial charge on any atom is 0.223 e. The van der Waals surface area contributed by atoms with E-state index in [1.807, 2.05) is 0 Å². The summed E-state index contributed by atoms with van der Waals surface area (Å²) in [5.41, 5.74) is 0. The first-order valence-corrected chi connectivity index (χ1v) is 14.5. The largest absolute Gasteiger partial charge is 0.390 e. The summed E-state index contributed by atoms with van der Waals surface area (Å²) >= 11 is 0. The molecule has 0 bridgehead atoms. The molecule has 3 saturated heterocycles. The lowest BCUT2D eigenvalue weighted by Gasteiger charge is -2.47. The van der Waals surface area contributed by atoms with E-state index in [4.69, 9.17) is 14.2 Å². The van der Waals surface area contributed by atoms with Crippen LogP contribution in [0.5, 0.6) is 0 Å². The molecule has 9 heteroatoms.